The minimum atomic E-state index is -0.397. The molecular weight excluding hydrogens is 366 g/mol. The van der Waals surface area contributed by atoms with Gasteiger partial charge in [0.05, 0.1) is 10.1 Å². The summed E-state index contributed by atoms with van der Waals surface area (Å²) < 4.78 is 1.40. The fourth-order valence-corrected chi connectivity index (χ4v) is 3.62. The highest BCUT2D eigenvalue weighted by molar-refractivity contribution is 8.00. The molecule has 1 atom stereocenters. The van der Waals surface area contributed by atoms with Gasteiger partial charge in [-0.05, 0) is 36.6 Å². The molecule has 24 heavy (non-hydrogen) atoms. The number of hydrogen-bond donors (Lipinski definition) is 2. The first-order valence-electron chi connectivity index (χ1n) is 7.02. The molecule has 9 heteroatoms. The number of thiophene rings is 1. The first kappa shape index (κ1) is 16.8. The molecule has 3 N–H and O–H groups in total. The number of aromatic nitrogens is 3. The average molecular weight is 380 g/mol. The van der Waals surface area contributed by atoms with Crippen molar-refractivity contribution in [1.82, 2.24) is 14.9 Å². The number of nitrogens with two attached hydrogens (primary N) is 1. The van der Waals surface area contributed by atoms with Crippen LogP contribution in [0.3, 0.4) is 0 Å². The van der Waals surface area contributed by atoms with Gasteiger partial charge >= 0.3 is 0 Å². The summed E-state index contributed by atoms with van der Waals surface area (Å²) in [5.41, 5.74) is 0.647. The van der Waals surface area contributed by atoms with Crippen LogP contribution in [0.4, 0.5) is 5.69 Å². The smallest absolute Gasteiger partial charge is 0.237 e. The summed E-state index contributed by atoms with van der Waals surface area (Å²) >= 11 is 8.69. The Hall–Kier alpha value is -2.03. The molecule has 0 aliphatic rings. The molecule has 0 bridgehead atoms. The first-order chi connectivity index (χ1) is 11.5. The van der Waals surface area contributed by atoms with Gasteiger partial charge < -0.3 is 11.2 Å². The standard InChI is InChI=1S/C15H14ClN5OS2/c1-9(14(22)18-11-5-2-4-10(16)8-11)24-15-20-19-13(21(15)17)12-6-3-7-23-12/h2-9H,17H2,1H3,(H,18,22)/t9-/m1/s1. The van der Waals surface area contributed by atoms with Gasteiger partial charge in [-0.3, -0.25) is 4.79 Å². The Morgan fingerprint density at radius 1 is 1.38 bits per heavy atom. The number of benzene rings is 1. The molecule has 124 valence electrons. The molecule has 3 aromatic rings. The van der Waals surface area contributed by atoms with E-state index in [9.17, 15) is 4.79 Å². The van der Waals surface area contributed by atoms with Crippen LogP contribution in [0.25, 0.3) is 10.7 Å². The predicted octanol–water partition coefficient (Wildman–Crippen LogP) is 3.49. The van der Waals surface area contributed by atoms with Crippen molar-refractivity contribution in [1.29, 1.82) is 0 Å². The summed E-state index contributed by atoms with van der Waals surface area (Å²) in [5.74, 6) is 6.46. The van der Waals surface area contributed by atoms with Crippen LogP contribution in [-0.4, -0.2) is 26.0 Å². The van der Waals surface area contributed by atoms with Crippen LogP contribution < -0.4 is 11.2 Å². The Morgan fingerprint density at radius 2 is 2.21 bits per heavy atom. The first-order valence-corrected chi connectivity index (χ1v) is 9.16. The minimum absolute atomic E-state index is 0.164. The van der Waals surface area contributed by atoms with Crippen LogP contribution in [0.1, 0.15) is 6.92 Å². The van der Waals surface area contributed by atoms with Gasteiger partial charge in [0.1, 0.15) is 0 Å². The van der Waals surface area contributed by atoms with Crippen LogP contribution >= 0.6 is 34.7 Å². The number of nitrogens with zero attached hydrogens (tertiary/aromatic N) is 3. The minimum Gasteiger partial charge on any atom is -0.335 e. The molecule has 0 unspecified atom stereocenters. The van der Waals surface area contributed by atoms with Crippen molar-refractivity contribution < 1.29 is 4.79 Å². The molecule has 0 saturated carbocycles. The topological polar surface area (TPSA) is 85.8 Å². The Morgan fingerprint density at radius 3 is 2.92 bits per heavy atom. The van der Waals surface area contributed by atoms with Gasteiger partial charge in [0.15, 0.2) is 5.82 Å². The average Bonchev–Trinajstić information content (AvgIpc) is 3.18. The monoisotopic (exact) mass is 379 g/mol. The molecule has 0 fully saturated rings. The molecule has 0 aliphatic heterocycles. The van der Waals surface area contributed by atoms with E-state index in [0.717, 1.165) is 4.88 Å². The SMILES string of the molecule is C[C@@H](Sc1nnc(-c2cccs2)n1N)C(=O)Nc1cccc(Cl)c1. The Bertz CT molecular complexity index is 849. The van der Waals surface area contributed by atoms with Crippen LogP contribution in [0.2, 0.25) is 5.02 Å². The summed E-state index contributed by atoms with van der Waals surface area (Å²) in [6.45, 7) is 1.78. The Kier molecular flexibility index (Phi) is 5.08. The lowest BCUT2D eigenvalue weighted by molar-refractivity contribution is -0.115. The third kappa shape index (κ3) is 3.72. The van der Waals surface area contributed by atoms with Crippen LogP contribution in [0, 0.1) is 0 Å². The predicted molar refractivity (Wildman–Crippen MR) is 98.9 cm³/mol. The summed E-state index contributed by atoms with van der Waals surface area (Å²) in [4.78, 5) is 13.2. The third-order valence-electron chi connectivity index (χ3n) is 3.15. The molecule has 0 aliphatic carbocycles. The molecule has 0 radical (unpaired) electrons. The number of hydrogen-bond acceptors (Lipinski definition) is 6. The summed E-state index contributed by atoms with van der Waals surface area (Å²) in [7, 11) is 0. The maximum atomic E-state index is 12.3. The molecule has 3 rings (SSSR count). The van der Waals surface area contributed by atoms with Crippen LogP contribution in [0.15, 0.2) is 46.9 Å². The van der Waals surface area contributed by atoms with E-state index in [1.165, 1.54) is 27.8 Å². The van der Waals surface area contributed by atoms with Crippen molar-refractivity contribution in [3.8, 4) is 10.7 Å². The highest BCUT2D eigenvalue weighted by Gasteiger charge is 2.20. The fraction of sp³-hybridized carbons (Fsp3) is 0.133. The van der Waals surface area contributed by atoms with Gasteiger partial charge in [-0.2, -0.15) is 0 Å². The number of carbonyl (C=O) groups is 1. The molecule has 1 aromatic carbocycles. The quantitative estimate of drug-likeness (QED) is 0.523. The lowest BCUT2D eigenvalue weighted by Gasteiger charge is -2.11. The number of carbonyl (C=O) groups excluding carboxylic acids is 1. The van der Waals surface area contributed by atoms with Gasteiger partial charge in [-0.25, -0.2) is 4.68 Å². The molecular formula is C15H14ClN5OS2. The van der Waals surface area contributed by atoms with Crippen LogP contribution in [0.5, 0.6) is 0 Å². The molecule has 1 amide bonds. The lowest BCUT2D eigenvalue weighted by atomic mass is 10.3. The second kappa shape index (κ2) is 7.25. The van der Waals surface area contributed by atoms with Crippen LogP contribution in [-0.2, 0) is 4.79 Å². The van der Waals surface area contributed by atoms with Gasteiger partial charge in [-0.1, -0.05) is 35.5 Å². The van der Waals surface area contributed by atoms with Crippen molar-refractivity contribution in [3.05, 3.63) is 46.8 Å². The van der Waals surface area contributed by atoms with Crippen molar-refractivity contribution >= 4 is 46.3 Å². The number of nitrogens with one attached hydrogen (secondary N) is 1. The van der Waals surface area contributed by atoms with Gasteiger partial charge in [0.2, 0.25) is 11.1 Å². The highest BCUT2D eigenvalue weighted by Crippen LogP contribution is 2.27. The van der Waals surface area contributed by atoms with Gasteiger partial charge in [-0.15, -0.1) is 21.5 Å². The zero-order valence-corrected chi connectivity index (χ0v) is 15.0. The number of thioether (sulfide) groups is 1. The highest BCUT2D eigenvalue weighted by atomic mass is 35.5. The fourth-order valence-electron chi connectivity index (χ4n) is 1.95. The molecule has 6 nitrogen and oxygen atoms in total. The molecule has 0 spiro atoms. The Balaban J connectivity index is 1.68. The van der Waals surface area contributed by atoms with E-state index in [1.807, 2.05) is 17.5 Å². The maximum absolute atomic E-state index is 12.3. The summed E-state index contributed by atoms with van der Waals surface area (Å²) in [6.07, 6.45) is 0. The maximum Gasteiger partial charge on any atom is 0.237 e. The van der Waals surface area contributed by atoms with Crippen molar-refractivity contribution in [3.63, 3.8) is 0 Å². The second-order valence-corrected chi connectivity index (χ2v) is 7.61. The number of halogens is 1. The third-order valence-corrected chi connectivity index (χ3v) is 5.31. The summed E-state index contributed by atoms with van der Waals surface area (Å²) in [6, 6.07) is 10.8. The number of anilines is 1. The van der Waals surface area contributed by atoms with Gasteiger partial charge in [0.25, 0.3) is 0 Å². The van der Waals surface area contributed by atoms with E-state index in [-0.39, 0.29) is 5.91 Å². The van der Waals surface area contributed by atoms with Gasteiger partial charge in [0, 0.05) is 10.7 Å². The van der Waals surface area contributed by atoms with E-state index in [1.54, 1.807) is 31.2 Å². The summed E-state index contributed by atoms with van der Waals surface area (Å²) in [5, 5.41) is 13.6. The second-order valence-electron chi connectivity index (χ2n) is 4.91. The normalized spacial score (nSPS) is 12.1. The van der Waals surface area contributed by atoms with Crippen molar-refractivity contribution in [2.75, 3.05) is 11.2 Å². The van der Waals surface area contributed by atoms with Crippen molar-refractivity contribution in [2.45, 2.75) is 17.3 Å². The molecule has 2 heterocycles. The molecule has 0 saturated heterocycles. The van der Waals surface area contributed by atoms with E-state index in [2.05, 4.69) is 15.5 Å². The zero-order valence-electron chi connectivity index (χ0n) is 12.6. The van der Waals surface area contributed by atoms with E-state index >= 15 is 0 Å². The Labute approximate surface area is 152 Å². The zero-order chi connectivity index (χ0) is 17.1. The largest absolute Gasteiger partial charge is 0.335 e. The van der Waals surface area contributed by atoms with E-state index in [0.29, 0.717) is 21.7 Å². The van der Waals surface area contributed by atoms with E-state index in [4.69, 9.17) is 17.4 Å². The molecule has 2 aromatic heterocycles. The lowest BCUT2D eigenvalue weighted by Crippen LogP contribution is -2.23. The number of rotatable bonds is 5. The number of amides is 1. The van der Waals surface area contributed by atoms with Crippen molar-refractivity contribution in [2.24, 2.45) is 0 Å². The number of nitrogen functional groups attached to an aromatic ring is 1. The van der Waals surface area contributed by atoms with E-state index < -0.39 is 5.25 Å².